The Hall–Kier alpha value is -1.64. The molecule has 0 aliphatic heterocycles. The lowest BCUT2D eigenvalue weighted by molar-refractivity contribution is 0.111. The van der Waals surface area contributed by atoms with Gasteiger partial charge in [0.15, 0.2) is 6.29 Å². The number of carbonyl (C=O) groups is 1. The number of aldehydes is 1. The molecule has 2 rings (SSSR count). The molecule has 74 valence electrons. The first-order valence-corrected chi connectivity index (χ1v) is 4.70. The Labute approximate surface area is 83.4 Å². The molecule has 2 aromatic rings. The Morgan fingerprint density at radius 1 is 1.36 bits per heavy atom. The van der Waals surface area contributed by atoms with Gasteiger partial charge in [0.05, 0.1) is 23.7 Å². The largest absolute Gasteiger partial charge is 0.296 e. The zero-order chi connectivity index (χ0) is 10.6. The lowest BCUT2D eigenvalue weighted by Crippen LogP contribution is -1.96. The van der Waals surface area contributed by atoms with Crippen LogP contribution in [0, 0.1) is 6.92 Å². The minimum atomic E-state index is 0.671. The van der Waals surface area contributed by atoms with E-state index >= 15 is 0 Å². The molecule has 0 radical (unpaired) electrons. The van der Waals surface area contributed by atoms with Crippen LogP contribution in [0.1, 0.15) is 29.9 Å². The molecule has 0 unspecified atom stereocenters. The molecule has 0 aliphatic rings. The van der Waals surface area contributed by atoms with Crippen LogP contribution in [-0.4, -0.2) is 15.7 Å². The van der Waals surface area contributed by atoms with Crippen molar-refractivity contribution in [3.63, 3.8) is 0 Å². The first-order chi connectivity index (χ1) is 6.83. The van der Waals surface area contributed by atoms with Gasteiger partial charge in [0, 0.05) is 0 Å². The maximum absolute atomic E-state index is 10.7. The Morgan fingerprint density at radius 2 is 2.07 bits per heavy atom. The fraction of sp³-hybridized carbons (Fsp3) is 0.273. The van der Waals surface area contributed by atoms with Crippen molar-refractivity contribution < 1.29 is 4.79 Å². The number of nitrogens with zero attached hydrogens (tertiary/aromatic N) is 2. The van der Waals surface area contributed by atoms with Gasteiger partial charge >= 0.3 is 0 Å². The maximum atomic E-state index is 10.7. The van der Waals surface area contributed by atoms with Gasteiger partial charge in [-0.25, -0.2) is 4.98 Å². The number of aryl methyl sites for hydroxylation is 1. The van der Waals surface area contributed by atoms with E-state index in [0.29, 0.717) is 5.69 Å². The van der Waals surface area contributed by atoms with E-state index in [1.165, 1.54) is 0 Å². The average Bonchev–Trinajstić information content (AvgIpc) is 2.69. The first kappa shape index (κ1) is 10.4. The standard InChI is InChI=1S/C9H8N2O.C2H6/c1-7-2-3-8-4-10-6-11(8)9(7)5-12;1-2/h2-6H,1H3;1-2H3. The van der Waals surface area contributed by atoms with Gasteiger partial charge < -0.3 is 0 Å². The molecular weight excluding hydrogens is 176 g/mol. The predicted molar refractivity (Wildman–Crippen MR) is 56.7 cm³/mol. The highest BCUT2D eigenvalue weighted by atomic mass is 16.1. The van der Waals surface area contributed by atoms with Crippen LogP contribution >= 0.6 is 0 Å². The second-order valence-electron chi connectivity index (χ2n) is 2.71. The van der Waals surface area contributed by atoms with Crippen LogP contribution in [0.15, 0.2) is 24.7 Å². The van der Waals surface area contributed by atoms with Crippen molar-refractivity contribution in [2.24, 2.45) is 0 Å². The zero-order valence-electron chi connectivity index (χ0n) is 8.69. The van der Waals surface area contributed by atoms with E-state index in [4.69, 9.17) is 0 Å². The molecule has 0 atom stereocenters. The molecular formula is C11H14N2O. The molecule has 14 heavy (non-hydrogen) atoms. The number of aromatic nitrogens is 2. The smallest absolute Gasteiger partial charge is 0.167 e. The molecule has 2 heterocycles. The second-order valence-corrected chi connectivity index (χ2v) is 2.71. The van der Waals surface area contributed by atoms with E-state index in [-0.39, 0.29) is 0 Å². The summed E-state index contributed by atoms with van der Waals surface area (Å²) in [6, 6.07) is 3.86. The van der Waals surface area contributed by atoms with Crippen molar-refractivity contribution in [1.82, 2.24) is 9.38 Å². The zero-order valence-corrected chi connectivity index (χ0v) is 8.69. The molecule has 0 N–H and O–H groups in total. The van der Waals surface area contributed by atoms with E-state index in [0.717, 1.165) is 17.4 Å². The van der Waals surface area contributed by atoms with Crippen LogP contribution in [0.2, 0.25) is 0 Å². The van der Waals surface area contributed by atoms with Gasteiger partial charge in [0.2, 0.25) is 0 Å². The van der Waals surface area contributed by atoms with E-state index in [9.17, 15) is 4.79 Å². The second kappa shape index (κ2) is 4.56. The highest BCUT2D eigenvalue weighted by Gasteiger charge is 2.01. The van der Waals surface area contributed by atoms with Crippen LogP contribution < -0.4 is 0 Å². The Bertz CT molecular complexity index is 432. The number of hydrogen-bond acceptors (Lipinski definition) is 2. The van der Waals surface area contributed by atoms with Crippen molar-refractivity contribution in [1.29, 1.82) is 0 Å². The van der Waals surface area contributed by atoms with Crippen LogP contribution in [0.4, 0.5) is 0 Å². The molecule has 0 aliphatic carbocycles. The predicted octanol–water partition coefficient (Wildman–Crippen LogP) is 2.48. The minimum absolute atomic E-state index is 0.671. The van der Waals surface area contributed by atoms with Crippen LogP contribution in [0.3, 0.4) is 0 Å². The number of imidazole rings is 1. The van der Waals surface area contributed by atoms with Crippen molar-refractivity contribution in [3.8, 4) is 0 Å². The highest BCUT2D eigenvalue weighted by molar-refractivity contribution is 5.76. The molecule has 2 aromatic heterocycles. The third kappa shape index (κ3) is 1.66. The molecule has 0 bridgehead atoms. The van der Waals surface area contributed by atoms with Crippen molar-refractivity contribution >= 4 is 11.8 Å². The van der Waals surface area contributed by atoms with E-state index < -0.39 is 0 Å². The molecule has 3 heteroatoms. The number of hydrogen-bond donors (Lipinski definition) is 0. The summed E-state index contributed by atoms with van der Waals surface area (Å²) in [6.07, 6.45) is 4.22. The molecule has 0 fully saturated rings. The summed E-state index contributed by atoms with van der Waals surface area (Å²) in [4.78, 5) is 14.6. The molecule has 3 nitrogen and oxygen atoms in total. The maximum Gasteiger partial charge on any atom is 0.167 e. The quantitative estimate of drug-likeness (QED) is 0.647. The van der Waals surface area contributed by atoms with Crippen LogP contribution in [0.5, 0.6) is 0 Å². The first-order valence-electron chi connectivity index (χ1n) is 4.70. The molecule has 0 saturated carbocycles. The van der Waals surface area contributed by atoms with E-state index in [1.807, 2.05) is 32.9 Å². The van der Waals surface area contributed by atoms with Crippen molar-refractivity contribution in [2.45, 2.75) is 20.8 Å². The lowest BCUT2D eigenvalue weighted by Gasteiger charge is -2.00. The van der Waals surface area contributed by atoms with Gasteiger partial charge in [-0.3, -0.25) is 9.20 Å². The summed E-state index contributed by atoms with van der Waals surface area (Å²) in [5.74, 6) is 0. The molecule has 0 amide bonds. The number of rotatable bonds is 1. The fourth-order valence-corrected chi connectivity index (χ4v) is 1.27. The highest BCUT2D eigenvalue weighted by Crippen LogP contribution is 2.09. The number of carbonyl (C=O) groups excluding carboxylic acids is 1. The summed E-state index contributed by atoms with van der Waals surface area (Å²) in [5, 5.41) is 0. The number of fused-ring (bicyclic) bond motifs is 1. The Balaban J connectivity index is 0.000000461. The van der Waals surface area contributed by atoms with Gasteiger partial charge in [-0.2, -0.15) is 0 Å². The lowest BCUT2D eigenvalue weighted by atomic mass is 10.2. The Kier molecular flexibility index (Phi) is 3.40. The minimum Gasteiger partial charge on any atom is -0.296 e. The van der Waals surface area contributed by atoms with Gasteiger partial charge in [0.1, 0.15) is 0 Å². The third-order valence-corrected chi connectivity index (χ3v) is 1.95. The summed E-state index contributed by atoms with van der Waals surface area (Å²) < 4.78 is 1.78. The molecule has 0 spiro atoms. The topological polar surface area (TPSA) is 34.4 Å². The monoisotopic (exact) mass is 190 g/mol. The van der Waals surface area contributed by atoms with Gasteiger partial charge in [-0.15, -0.1) is 0 Å². The van der Waals surface area contributed by atoms with Gasteiger partial charge in [-0.1, -0.05) is 19.9 Å². The molecule has 0 aromatic carbocycles. The van der Waals surface area contributed by atoms with Crippen LogP contribution in [-0.2, 0) is 0 Å². The summed E-state index contributed by atoms with van der Waals surface area (Å²) in [6.45, 7) is 5.91. The third-order valence-electron chi connectivity index (χ3n) is 1.95. The summed E-state index contributed by atoms with van der Waals surface area (Å²) in [7, 11) is 0. The van der Waals surface area contributed by atoms with Gasteiger partial charge in [-0.05, 0) is 18.6 Å². The summed E-state index contributed by atoms with van der Waals surface area (Å²) in [5.41, 5.74) is 2.59. The van der Waals surface area contributed by atoms with E-state index in [2.05, 4.69) is 4.98 Å². The normalized spacial score (nSPS) is 9.36. The van der Waals surface area contributed by atoms with Crippen molar-refractivity contribution in [2.75, 3.05) is 0 Å². The SMILES string of the molecule is CC.Cc1ccc2cncn2c1C=O. The van der Waals surface area contributed by atoms with Crippen molar-refractivity contribution in [3.05, 3.63) is 35.9 Å². The fourth-order valence-electron chi connectivity index (χ4n) is 1.27. The van der Waals surface area contributed by atoms with E-state index in [1.54, 1.807) is 16.9 Å². The Morgan fingerprint density at radius 3 is 2.71 bits per heavy atom. The van der Waals surface area contributed by atoms with Crippen LogP contribution in [0.25, 0.3) is 5.52 Å². The average molecular weight is 190 g/mol. The molecule has 0 saturated heterocycles. The van der Waals surface area contributed by atoms with Gasteiger partial charge in [0.25, 0.3) is 0 Å². The number of pyridine rings is 1. The summed E-state index contributed by atoms with van der Waals surface area (Å²) >= 11 is 0.